The van der Waals surface area contributed by atoms with Gasteiger partial charge in [-0.2, -0.15) is 0 Å². The molecule has 1 aliphatic carbocycles. The molecule has 1 N–H and O–H groups in total. The topological polar surface area (TPSA) is 15.3 Å². The Morgan fingerprint density at radius 2 is 1.80 bits per heavy atom. The van der Waals surface area contributed by atoms with Crippen LogP contribution in [-0.4, -0.2) is 30.6 Å². The average molecular weight is 313 g/mol. The first-order valence-corrected chi connectivity index (χ1v) is 8.36. The van der Waals surface area contributed by atoms with Crippen LogP contribution < -0.4 is 5.32 Å². The summed E-state index contributed by atoms with van der Waals surface area (Å²) in [5, 5.41) is 5.01. The third-order valence-electron chi connectivity index (χ3n) is 4.37. The third kappa shape index (κ3) is 4.11. The highest BCUT2D eigenvalue weighted by atomic mass is 35.5. The molecule has 1 saturated carbocycles. The Balaban J connectivity index is 1.44. The number of likely N-dealkylation sites (tertiary alicyclic amines) is 1. The zero-order valence-corrected chi connectivity index (χ0v) is 13.3. The number of piperidine rings is 1. The molecule has 4 heteroatoms. The summed E-state index contributed by atoms with van der Waals surface area (Å²) < 4.78 is 0. The van der Waals surface area contributed by atoms with E-state index < -0.39 is 0 Å². The molecule has 1 heterocycles. The van der Waals surface area contributed by atoms with Gasteiger partial charge in [-0.05, 0) is 68.9 Å². The van der Waals surface area contributed by atoms with E-state index in [1.54, 1.807) is 0 Å². The number of rotatable bonds is 5. The first-order chi connectivity index (χ1) is 9.70. The molecule has 0 atom stereocenters. The Kier molecular flexibility index (Phi) is 4.87. The Morgan fingerprint density at radius 1 is 1.05 bits per heavy atom. The van der Waals surface area contributed by atoms with Crippen molar-refractivity contribution in [2.45, 2.75) is 38.3 Å². The quantitative estimate of drug-likeness (QED) is 0.885. The van der Waals surface area contributed by atoms with Crippen LogP contribution in [0.4, 0.5) is 0 Å². The zero-order valence-electron chi connectivity index (χ0n) is 11.7. The van der Waals surface area contributed by atoms with Crippen molar-refractivity contribution in [2.75, 3.05) is 19.6 Å². The maximum absolute atomic E-state index is 6.07. The van der Waals surface area contributed by atoms with Gasteiger partial charge in [0, 0.05) is 12.6 Å². The van der Waals surface area contributed by atoms with E-state index in [0.29, 0.717) is 10.0 Å². The summed E-state index contributed by atoms with van der Waals surface area (Å²) in [6, 6.07) is 6.68. The van der Waals surface area contributed by atoms with Gasteiger partial charge in [0.05, 0.1) is 10.0 Å². The van der Waals surface area contributed by atoms with E-state index in [-0.39, 0.29) is 0 Å². The molecule has 0 unspecified atom stereocenters. The van der Waals surface area contributed by atoms with Crippen LogP contribution in [0, 0.1) is 5.92 Å². The van der Waals surface area contributed by atoms with Gasteiger partial charge in [0.25, 0.3) is 0 Å². The highest BCUT2D eigenvalue weighted by molar-refractivity contribution is 6.42. The van der Waals surface area contributed by atoms with Crippen molar-refractivity contribution in [3.05, 3.63) is 33.8 Å². The van der Waals surface area contributed by atoms with Gasteiger partial charge in [0.15, 0.2) is 0 Å². The minimum Gasteiger partial charge on any atom is -0.314 e. The number of nitrogens with zero attached hydrogens (tertiary/aromatic N) is 1. The van der Waals surface area contributed by atoms with Crippen molar-refractivity contribution in [3.8, 4) is 0 Å². The van der Waals surface area contributed by atoms with E-state index >= 15 is 0 Å². The van der Waals surface area contributed by atoms with Gasteiger partial charge in [0.2, 0.25) is 0 Å². The fourth-order valence-corrected chi connectivity index (χ4v) is 3.17. The molecular formula is C16H22Cl2N2. The lowest BCUT2D eigenvalue weighted by molar-refractivity contribution is 0.190. The standard InChI is InChI=1S/C16H22Cl2N2/c17-15-4-3-13(9-16(15)18)11-20-7-5-14(6-8-20)19-10-12-1-2-12/h3-4,9,12,14,19H,1-2,5-8,10-11H2. The van der Waals surface area contributed by atoms with E-state index in [4.69, 9.17) is 23.2 Å². The van der Waals surface area contributed by atoms with Crippen LogP contribution in [-0.2, 0) is 6.54 Å². The van der Waals surface area contributed by atoms with Gasteiger partial charge in [-0.25, -0.2) is 0 Å². The average Bonchev–Trinajstić information content (AvgIpc) is 3.26. The second-order valence-electron chi connectivity index (χ2n) is 6.15. The highest BCUT2D eigenvalue weighted by Crippen LogP contribution is 2.28. The van der Waals surface area contributed by atoms with Crippen molar-refractivity contribution < 1.29 is 0 Å². The normalized spacial score (nSPS) is 21.3. The fraction of sp³-hybridized carbons (Fsp3) is 0.625. The van der Waals surface area contributed by atoms with Gasteiger partial charge in [-0.15, -0.1) is 0 Å². The predicted octanol–water partition coefficient (Wildman–Crippen LogP) is 3.96. The van der Waals surface area contributed by atoms with Gasteiger partial charge in [0.1, 0.15) is 0 Å². The molecule has 2 aliphatic rings. The van der Waals surface area contributed by atoms with Crippen molar-refractivity contribution in [3.63, 3.8) is 0 Å². The van der Waals surface area contributed by atoms with Gasteiger partial charge >= 0.3 is 0 Å². The molecule has 0 amide bonds. The van der Waals surface area contributed by atoms with Crippen LogP contribution in [0.3, 0.4) is 0 Å². The van der Waals surface area contributed by atoms with E-state index in [0.717, 1.165) is 18.5 Å². The Morgan fingerprint density at radius 3 is 2.45 bits per heavy atom. The molecule has 0 bridgehead atoms. The molecule has 110 valence electrons. The molecule has 3 rings (SSSR count). The molecule has 1 saturated heterocycles. The second-order valence-corrected chi connectivity index (χ2v) is 6.96. The van der Waals surface area contributed by atoms with Crippen LogP contribution in [0.2, 0.25) is 10.0 Å². The first-order valence-electron chi connectivity index (χ1n) is 7.60. The first kappa shape index (κ1) is 14.6. The molecule has 1 aromatic rings. The number of benzene rings is 1. The SMILES string of the molecule is Clc1ccc(CN2CCC(NCC3CC3)CC2)cc1Cl. The monoisotopic (exact) mass is 312 g/mol. The predicted molar refractivity (Wildman–Crippen MR) is 85.5 cm³/mol. The van der Waals surface area contributed by atoms with Crippen molar-refractivity contribution in [1.29, 1.82) is 0 Å². The van der Waals surface area contributed by atoms with Crippen LogP contribution in [0.5, 0.6) is 0 Å². The minimum atomic E-state index is 0.637. The third-order valence-corrected chi connectivity index (χ3v) is 5.11. The number of nitrogens with one attached hydrogen (secondary N) is 1. The maximum atomic E-state index is 6.07. The summed E-state index contributed by atoms with van der Waals surface area (Å²) in [6.45, 7) is 4.55. The Bertz CT molecular complexity index is 452. The number of halogens is 2. The lowest BCUT2D eigenvalue weighted by Gasteiger charge is -2.32. The number of hydrogen-bond donors (Lipinski definition) is 1. The van der Waals surface area contributed by atoms with Gasteiger partial charge in [-0.3, -0.25) is 4.90 Å². The molecule has 1 aromatic carbocycles. The van der Waals surface area contributed by atoms with E-state index in [1.165, 1.54) is 50.9 Å². The van der Waals surface area contributed by atoms with Crippen molar-refractivity contribution in [2.24, 2.45) is 5.92 Å². The maximum Gasteiger partial charge on any atom is 0.0595 e. The van der Waals surface area contributed by atoms with Crippen LogP contribution >= 0.6 is 23.2 Å². The number of hydrogen-bond acceptors (Lipinski definition) is 2. The smallest absolute Gasteiger partial charge is 0.0595 e. The molecule has 0 spiro atoms. The van der Waals surface area contributed by atoms with Crippen LogP contribution in [0.1, 0.15) is 31.2 Å². The Hall–Kier alpha value is -0.280. The summed E-state index contributed by atoms with van der Waals surface area (Å²) in [7, 11) is 0. The minimum absolute atomic E-state index is 0.637. The summed E-state index contributed by atoms with van der Waals surface area (Å²) >= 11 is 12.0. The van der Waals surface area contributed by atoms with E-state index in [2.05, 4.69) is 16.3 Å². The molecule has 2 fully saturated rings. The summed E-state index contributed by atoms with van der Waals surface area (Å²) in [6.07, 6.45) is 5.38. The molecule has 1 aliphatic heterocycles. The van der Waals surface area contributed by atoms with Gasteiger partial charge in [-0.1, -0.05) is 29.3 Å². The van der Waals surface area contributed by atoms with E-state index in [9.17, 15) is 0 Å². The molecular weight excluding hydrogens is 291 g/mol. The van der Waals surface area contributed by atoms with Gasteiger partial charge < -0.3 is 5.32 Å². The molecule has 0 radical (unpaired) electrons. The molecule has 0 aromatic heterocycles. The summed E-state index contributed by atoms with van der Waals surface area (Å²) in [4.78, 5) is 2.51. The van der Waals surface area contributed by atoms with Crippen LogP contribution in [0.15, 0.2) is 18.2 Å². The van der Waals surface area contributed by atoms with Crippen molar-refractivity contribution >= 4 is 23.2 Å². The Labute approximate surface area is 131 Å². The lowest BCUT2D eigenvalue weighted by atomic mass is 10.0. The molecule has 2 nitrogen and oxygen atoms in total. The lowest BCUT2D eigenvalue weighted by Crippen LogP contribution is -2.42. The summed E-state index contributed by atoms with van der Waals surface area (Å²) in [5.74, 6) is 0.976. The zero-order chi connectivity index (χ0) is 13.9. The van der Waals surface area contributed by atoms with Crippen LogP contribution in [0.25, 0.3) is 0 Å². The fourth-order valence-electron chi connectivity index (χ4n) is 2.85. The van der Waals surface area contributed by atoms with E-state index in [1.807, 2.05) is 12.1 Å². The highest BCUT2D eigenvalue weighted by Gasteiger charge is 2.24. The summed E-state index contributed by atoms with van der Waals surface area (Å²) in [5.41, 5.74) is 1.25. The second kappa shape index (κ2) is 6.65. The van der Waals surface area contributed by atoms with Crippen molar-refractivity contribution in [1.82, 2.24) is 10.2 Å². The largest absolute Gasteiger partial charge is 0.314 e. The molecule has 20 heavy (non-hydrogen) atoms.